The molecule has 10 nitrogen and oxygen atoms in total. The number of morpholine rings is 1. The van der Waals surface area contributed by atoms with Crippen LogP contribution in [-0.2, 0) is 10.9 Å². The van der Waals surface area contributed by atoms with Gasteiger partial charge in [0, 0.05) is 55.9 Å². The molecule has 3 aromatic heterocycles. The number of aromatic nitrogens is 4. The minimum Gasteiger partial charge on any atom is -0.382 e. The number of fused-ring (bicyclic) bond motifs is 1. The lowest BCUT2D eigenvalue weighted by atomic mass is 10.1. The molecule has 198 valence electrons. The number of ether oxygens (including phenoxy) is 1. The summed E-state index contributed by atoms with van der Waals surface area (Å²) in [5, 5.41) is 2.40. The van der Waals surface area contributed by atoms with E-state index in [1.54, 1.807) is 36.7 Å². The van der Waals surface area contributed by atoms with Crippen LogP contribution < -0.4 is 16.8 Å². The van der Waals surface area contributed by atoms with Gasteiger partial charge >= 0.3 is 6.18 Å². The van der Waals surface area contributed by atoms with Gasteiger partial charge in [0.15, 0.2) is 0 Å². The van der Waals surface area contributed by atoms with Crippen LogP contribution in [0.15, 0.2) is 55.0 Å². The van der Waals surface area contributed by atoms with Gasteiger partial charge in [-0.3, -0.25) is 14.1 Å². The van der Waals surface area contributed by atoms with Gasteiger partial charge in [0.1, 0.15) is 34.8 Å². The van der Waals surface area contributed by atoms with E-state index in [-0.39, 0.29) is 23.3 Å². The first-order valence-corrected chi connectivity index (χ1v) is 11.9. The predicted octanol–water partition coefficient (Wildman–Crippen LogP) is 2.98. The van der Waals surface area contributed by atoms with Crippen molar-refractivity contribution in [3.05, 3.63) is 71.9 Å². The van der Waals surface area contributed by atoms with Crippen LogP contribution in [0.4, 0.5) is 24.8 Å². The molecule has 0 aliphatic carbocycles. The third-order valence-electron chi connectivity index (χ3n) is 6.24. The minimum atomic E-state index is -4.54. The van der Waals surface area contributed by atoms with Crippen molar-refractivity contribution in [3.63, 3.8) is 0 Å². The number of halogens is 3. The number of pyridine rings is 1. The van der Waals surface area contributed by atoms with Crippen molar-refractivity contribution in [3.8, 4) is 11.3 Å². The van der Waals surface area contributed by atoms with E-state index in [9.17, 15) is 18.0 Å². The number of imidazole rings is 1. The van der Waals surface area contributed by atoms with Crippen LogP contribution >= 0.6 is 0 Å². The number of rotatable bonds is 6. The minimum absolute atomic E-state index is 0.200. The van der Waals surface area contributed by atoms with E-state index in [1.807, 2.05) is 4.40 Å². The zero-order valence-electron chi connectivity index (χ0n) is 20.2. The molecule has 1 aliphatic rings. The third-order valence-corrected chi connectivity index (χ3v) is 6.24. The maximum atomic E-state index is 13.0. The van der Waals surface area contributed by atoms with Crippen LogP contribution in [0.3, 0.4) is 0 Å². The standard InChI is InChI=1S/C25H25F3N8O2/c26-25(27,28)17-5-7-31-19(13-17)33-24(37)16-3-1-15(2-4-16)20-21-22(30)32-8-10-36(21)23(34-20)18-14-35(9-6-29)11-12-38-18/h1-5,7-8,10,13,18H,6,9,11-12,14,29H2,(H2,30,32)(H,31,33,37)/t18-/m1/s1. The summed E-state index contributed by atoms with van der Waals surface area (Å²) in [4.78, 5) is 27.8. The summed E-state index contributed by atoms with van der Waals surface area (Å²) < 4.78 is 46.8. The summed E-state index contributed by atoms with van der Waals surface area (Å²) in [7, 11) is 0. The molecule has 5 rings (SSSR count). The van der Waals surface area contributed by atoms with Crippen molar-refractivity contribution in [1.82, 2.24) is 24.3 Å². The SMILES string of the molecule is NCCN1CCO[C@@H](c2nc(-c3ccc(C(=O)Nc4cc(C(F)(F)F)ccn4)cc3)c3c(N)nccn23)C1. The van der Waals surface area contributed by atoms with Gasteiger partial charge in [0.25, 0.3) is 5.91 Å². The molecular formula is C25H25F3N8O2. The highest BCUT2D eigenvalue weighted by Gasteiger charge is 2.31. The molecule has 38 heavy (non-hydrogen) atoms. The predicted molar refractivity (Wildman–Crippen MR) is 134 cm³/mol. The monoisotopic (exact) mass is 526 g/mol. The number of anilines is 2. The lowest BCUT2D eigenvalue weighted by Crippen LogP contribution is -2.41. The second kappa shape index (κ2) is 10.4. The van der Waals surface area contributed by atoms with Crippen LogP contribution in [0, 0.1) is 0 Å². The Bertz CT molecular complexity index is 1450. The van der Waals surface area contributed by atoms with E-state index in [0.29, 0.717) is 42.3 Å². The van der Waals surface area contributed by atoms with Crippen molar-refractivity contribution in [2.75, 3.05) is 43.8 Å². The number of hydrogen-bond donors (Lipinski definition) is 3. The molecule has 1 atom stereocenters. The Morgan fingerprint density at radius 2 is 1.95 bits per heavy atom. The maximum absolute atomic E-state index is 13.0. The van der Waals surface area contributed by atoms with E-state index in [1.165, 1.54) is 0 Å². The average Bonchev–Trinajstić information content (AvgIpc) is 3.30. The van der Waals surface area contributed by atoms with Crippen molar-refractivity contribution >= 4 is 23.1 Å². The summed E-state index contributed by atoms with van der Waals surface area (Å²) in [5.41, 5.74) is 13.1. The largest absolute Gasteiger partial charge is 0.416 e. The molecule has 13 heteroatoms. The first-order chi connectivity index (χ1) is 18.2. The molecule has 0 radical (unpaired) electrons. The van der Waals surface area contributed by atoms with Gasteiger partial charge in [-0.25, -0.2) is 15.0 Å². The van der Waals surface area contributed by atoms with Gasteiger partial charge in [-0.1, -0.05) is 12.1 Å². The second-order valence-corrected chi connectivity index (χ2v) is 8.76. The molecule has 0 bridgehead atoms. The van der Waals surface area contributed by atoms with Crippen molar-refractivity contribution in [2.24, 2.45) is 5.73 Å². The van der Waals surface area contributed by atoms with Crippen LogP contribution in [0.1, 0.15) is 27.8 Å². The van der Waals surface area contributed by atoms with E-state index in [2.05, 4.69) is 20.2 Å². The number of amides is 1. The molecule has 4 aromatic rings. The highest BCUT2D eigenvalue weighted by Crippen LogP contribution is 2.33. The Labute approximate surface area is 215 Å². The first-order valence-electron chi connectivity index (χ1n) is 11.9. The Morgan fingerprint density at radius 3 is 2.68 bits per heavy atom. The number of alkyl halides is 3. The third kappa shape index (κ3) is 5.16. The molecule has 0 spiro atoms. The quantitative estimate of drug-likeness (QED) is 0.349. The number of nitrogens with one attached hydrogen (secondary N) is 1. The molecule has 5 N–H and O–H groups in total. The molecule has 4 heterocycles. The van der Waals surface area contributed by atoms with Crippen molar-refractivity contribution in [2.45, 2.75) is 12.3 Å². The summed E-state index contributed by atoms with van der Waals surface area (Å²) in [5.74, 6) is 0.153. The number of benzene rings is 1. The summed E-state index contributed by atoms with van der Waals surface area (Å²) in [6, 6.07) is 8.10. The van der Waals surface area contributed by atoms with Gasteiger partial charge in [0.05, 0.1) is 12.2 Å². The highest BCUT2D eigenvalue weighted by molar-refractivity contribution is 6.04. The molecule has 1 fully saturated rings. The number of nitrogens with zero attached hydrogens (tertiary/aromatic N) is 5. The Balaban J connectivity index is 1.42. The molecule has 0 unspecified atom stereocenters. The molecule has 1 amide bonds. The van der Waals surface area contributed by atoms with Gasteiger partial charge < -0.3 is 21.5 Å². The zero-order chi connectivity index (χ0) is 26.9. The zero-order valence-corrected chi connectivity index (χ0v) is 20.2. The number of nitrogens with two attached hydrogens (primary N) is 2. The smallest absolute Gasteiger partial charge is 0.382 e. The Hall–Kier alpha value is -4.07. The maximum Gasteiger partial charge on any atom is 0.416 e. The van der Waals surface area contributed by atoms with E-state index >= 15 is 0 Å². The Morgan fingerprint density at radius 1 is 1.16 bits per heavy atom. The fourth-order valence-electron chi connectivity index (χ4n) is 4.40. The van der Waals surface area contributed by atoms with Gasteiger partial charge in [-0.15, -0.1) is 0 Å². The van der Waals surface area contributed by atoms with E-state index in [4.69, 9.17) is 21.2 Å². The van der Waals surface area contributed by atoms with Crippen LogP contribution in [-0.4, -0.2) is 62.9 Å². The number of carbonyl (C=O) groups excluding carboxylic acids is 1. The van der Waals surface area contributed by atoms with Crippen LogP contribution in [0.25, 0.3) is 16.8 Å². The lowest BCUT2D eigenvalue weighted by Gasteiger charge is -2.31. The lowest BCUT2D eigenvalue weighted by molar-refractivity contribution is -0.137. The van der Waals surface area contributed by atoms with Gasteiger partial charge in [-0.2, -0.15) is 13.2 Å². The Kier molecular flexibility index (Phi) is 6.97. The second-order valence-electron chi connectivity index (χ2n) is 8.76. The summed E-state index contributed by atoms with van der Waals surface area (Å²) in [6.07, 6.45) is -0.492. The topological polar surface area (TPSA) is 137 Å². The summed E-state index contributed by atoms with van der Waals surface area (Å²) in [6.45, 7) is 3.24. The van der Waals surface area contributed by atoms with Crippen molar-refractivity contribution in [1.29, 1.82) is 0 Å². The number of hydrogen-bond acceptors (Lipinski definition) is 8. The van der Waals surface area contributed by atoms with Gasteiger partial charge in [-0.05, 0) is 24.3 Å². The first kappa shape index (κ1) is 25.6. The molecule has 1 saturated heterocycles. The van der Waals surface area contributed by atoms with Crippen LogP contribution in [0.2, 0.25) is 0 Å². The average molecular weight is 527 g/mol. The molecule has 1 aromatic carbocycles. The number of nitrogen functional groups attached to an aromatic ring is 1. The molecule has 1 aliphatic heterocycles. The fraction of sp³-hybridized carbons (Fsp3) is 0.280. The molecule has 0 saturated carbocycles. The van der Waals surface area contributed by atoms with Crippen LogP contribution in [0.5, 0.6) is 0 Å². The molecular weight excluding hydrogens is 501 g/mol. The fourth-order valence-corrected chi connectivity index (χ4v) is 4.40. The van der Waals surface area contributed by atoms with E-state index < -0.39 is 17.6 Å². The normalized spacial score (nSPS) is 16.6. The number of carbonyl (C=O) groups is 1. The highest BCUT2D eigenvalue weighted by atomic mass is 19.4. The van der Waals surface area contributed by atoms with Gasteiger partial charge in [0.2, 0.25) is 0 Å². The summed E-state index contributed by atoms with van der Waals surface area (Å²) >= 11 is 0. The van der Waals surface area contributed by atoms with Crippen molar-refractivity contribution < 1.29 is 22.7 Å². The van der Waals surface area contributed by atoms with E-state index in [0.717, 1.165) is 31.4 Å².